The van der Waals surface area contributed by atoms with E-state index in [0.717, 1.165) is 22.9 Å². The van der Waals surface area contributed by atoms with Crippen LogP contribution in [0.1, 0.15) is 27.0 Å². The lowest BCUT2D eigenvalue weighted by Crippen LogP contribution is -2.14. The Hall–Kier alpha value is -4.04. The summed E-state index contributed by atoms with van der Waals surface area (Å²) in [4.78, 5) is 26.2. The highest BCUT2D eigenvalue weighted by Crippen LogP contribution is 2.34. The molecule has 5 rings (SSSR count). The maximum Gasteiger partial charge on any atom is 0.336 e. The third-order valence-corrected chi connectivity index (χ3v) is 6.03. The van der Waals surface area contributed by atoms with Gasteiger partial charge in [-0.1, -0.05) is 35.9 Å². The van der Waals surface area contributed by atoms with Gasteiger partial charge in [-0.05, 0) is 48.4 Å². The van der Waals surface area contributed by atoms with Crippen molar-refractivity contribution in [3.05, 3.63) is 88.5 Å². The Morgan fingerprint density at radius 1 is 0.909 bits per heavy atom. The van der Waals surface area contributed by atoms with Gasteiger partial charge in [0.1, 0.15) is 11.0 Å². The van der Waals surface area contributed by atoms with E-state index >= 15 is 0 Å². The number of Topliss-reactive ketones (excluding diaryl/α,β-unsaturated/α-hetero) is 1. The number of ketones is 1. The molecular formula is C25H18N2O5S. The summed E-state index contributed by atoms with van der Waals surface area (Å²) in [6, 6.07) is 17.6. The number of allylic oxidation sites excluding steroid dienone is 1. The molecule has 0 amide bonds. The molecule has 0 spiro atoms. The van der Waals surface area contributed by atoms with Crippen LogP contribution in [-0.2, 0) is 11.2 Å². The van der Waals surface area contributed by atoms with Gasteiger partial charge in [0.15, 0.2) is 17.3 Å². The van der Waals surface area contributed by atoms with Crippen LogP contribution in [0.4, 0.5) is 0 Å². The van der Waals surface area contributed by atoms with Gasteiger partial charge in [0.05, 0.1) is 17.3 Å². The van der Waals surface area contributed by atoms with Crippen LogP contribution >= 0.6 is 11.7 Å². The number of aryl methyl sites for hydroxylation is 1. The Labute approximate surface area is 193 Å². The van der Waals surface area contributed by atoms with Crippen LogP contribution in [-0.4, -0.2) is 32.4 Å². The molecule has 1 aliphatic heterocycles. The summed E-state index contributed by atoms with van der Waals surface area (Å²) in [6.45, 7) is 2.05. The maximum atomic E-state index is 13.7. The zero-order chi connectivity index (χ0) is 22.9. The smallest absolute Gasteiger partial charge is 0.336 e. The molecule has 0 bridgehead atoms. The van der Waals surface area contributed by atoms with Gasteiger partial charge < -0.3 is 14.6 Å². The summed E-state index contributed by atoms with van der Waals surface area (Å²) in [5, 5.41) is 10.2. The number of hydrogen-bond acceptors (Lipinski definition) is 7. The van der Waals surface area contributed by atoms with E-state index in [1.807, 2.05) is 31.2 Å². The molecule has 0 aliphatic carbocycles. The van der Waals surface area contributed by atoms with E-state index in [9.17, 15) is 14.7 Å². The highest BCUT2D eigenvalue weighted by Gasteiger charge is 2.26. The third kappa shape index (κ3) is 4.08. The van der Waals surface area contributed by atoms with Gasteiger partial charge in [-0.15, -0.1) is 0 Å². The zero-order valence-electron chi connectivity index (χ0n) is 17.6. The first-order valence-electron chi connectivity index (χ1n) is 10.2. The second-order valence-electron chi connectivity index (χ2n) is 7.69. The van der Waals surface area contributed by atoms with Gasteiger partial charge in [-0.3, -0.25) is 4.79 Å². The monoisotopic (exact) mass is 458 g/mol. The summed E-state index contributed by atoms with van der Waals surface area (Å²) >= 11 is 1.05. The number of rotatable bonds is 6. The lowest BCUT2D eigenvalue weighted by atomic mass is 9.89. The van der Waals surface area contributed by atoms with Gasteiger partial charge in [0.2, 0.25) is 6.79 Å². The summed E-state index contributed by atoms with van der Waals surface area (Å²) in [5.74, 6) is -0.561. The number of aromatic nitrogens is 2. The summed E-state index contributed by atoms with van der Waals surface area (Å²) in [7, 11) is 0. The molecule has 0 radical (unpaired) electrons. The fourth-order valence-corrected chi connectivity index (χ4v) is 4.29. The average molecular weight is 458 g/mol. The number of carboxylic acids is 1. The predicted octanol–water partition coefficient (Wildman–Crippen LogP) is 4.69. The topological polar surface area (TPSA) is 98.6 Å². The molecule has 8 heteroatoms. The summed E-state index contributed by atoms with van der Waals surface area (Å²) in [6.07, 6.45) is 0.155. The molecule has 7 nitrogen and oxygen atoms in total. The van der Waals surface area contributed by atoms with Gasteiger partial charge >= 0.3 is 5.97 Å². The number of carboxylic acid groups (broad SMARTS) is 1. The number of ether oxygens (including phenoxy) is 2. The maximum absolute atomic E-state index is 13.7. The average Bonchev–Trinajstić information content (AvgIpc) is 3.47. The highest BCUT2D eigenvalue weighted by molar-refractivity contribution is 7.00. The lowest BCUT2D eigenvalue weighted by molar-refractivity contribution is -0.130. The molecule has 164 valence electrons. The van der Waals surface area contributed by atoms with E-state index < -0.39 is 5.97 Å². The number of fused-ring (bicyclic) bond motifs is 2. The molecule has 1 aliphatic rings. The molecule has 1 aromatic heterocycles. The number of nitrogens with zero attached hydrogens (tertiary/aromatic N) is 2. The fraction of sp³-hybridized carbons (Fsp3) is 0.120. The standard InChI is InChI=1S/C25H18N2O5S/c1-14-2-4-15(5-3-14)10-18(24(28)17-7-9-21-22(12-17)32-13-31-21)23(25(29)30)16-6-8-19-20(11-16)27-33-26-19/h2-9,11-12H,10,13H2,1H3,(H,29,30). The number of benzene rings is 3. The second kappa shape index (κ2) is 8.48. The molecular weight excluding hydrogens is 440 g/mol. The second-order valence-corrected chi connectivity index (χ2v) is 8.21. The molecule has 0 saturated heterocycles. The minimum atomic E-state index is -1.19. The molecule has 3 aromatic carbocycles. The molecule has 1 N–H and O–H groups in total. The van der Waals surface area contributed by atoms with Crippen molar-refractivity contribution in [1.82, 2.24) is 8.75 Å². The van der Waals surface area contributed by atoms with Gasteiger partial charge in [-0.25, -0.2) is 4.79 Å². The Morgan fingerprint density at radius 2 is 1.64 bits per heavy atom. The van der Waals surface area contributed by atoms with Crippen LogP contribution in [0.25, 0.3) is 16.6 Å². The van der Waals surface area contributed by atoms with E-state index in [2.05, 4.69) is 8.75 Å². The van der Waals surface area contributed by atoms with Crippen molar-refractivity contribution < 1.29 is 24.2 Å². The first-order valence-corrected chi connectivity index (χ1v) is 10.9. The van der Waals surface area contributed by atoms with E-state index in [0.29, 0.717) is 33.7 Å². The number of carbonyl (C=O) groups is 2. The normalized spacial score (nSPS) is 13.1. The van der Waals surface area contributed by atoms with Gasteiger partial charge in [0, 0.05) is 17.6 Å². The summed E-state index contributed by atoms with van der Waals surface area (Å²) < 4.78 is 19.1. The SMILES string of the molecule is Cc1ccc(CC(C(=O)c2ccc3c(c2)OCO3)=C(C(=O)O)c2ccc3nsnc3c2)cc1. The Balaban J connectivity index is 1.67. The molecule has 0 atom stereocenters. The van der Waals surface area contributed by atoms with Gasteiger partial charge in [0.25, 0.3) is 0 Å². The quantitative estimate of drug-likeness (QED) is 0.330. The van der Waals surface area contributed by atoms with E-state index in [1.165, 1.54) is 0 Å². The van der Waals surface area contributed by atoms with E-state index in [-0.39, 0.29) is 30.1 Å². The van der Waals surface area contributed by atoms with Crippen LogP contribution in [0.15, 0.2) is 66.2 Å². The third-order valence-electron chi connectivity index (χ3n) is 5.47. The summed E-state index contributed by atoms with van der Waals surface area (Å²) in [5.41, 5.74) is 4.01. The van der Waals surface area contributed by atoms with Crippen molar-refractivity contribution >= 4 is 40.1 Å². The predicted molar refractivity (Wildman–Crippen MR) is 124 cm³/mol. The molecule has 0 unspecified atom stereocenters. The van der Waals surface area contributed by atoms with Crippen LogP contribution in [0.2, 0.25) is 0 Å². The molecule has 33 heavy (non-hydrogen) atoms. The fourth-order valence-electron chi connectivity index (χ4n) is 3.77. The molecule has 2 heterocycles. The molecule has 0 saturated carbocycles. The number of aliphatic carboxylic acids is 1. The Morgan fingerprint density at radius 3 is 2.42 bits per heavy atom. The first-order chi connectivity index (χ1) is 16.0. The van der Waals surface area contributed by atoms with Crippen LogP contribution in [0.5, 0.6) is 11.5 Å². The largest absolute Gasteiger partial charge is 0.478 e. The Bertz CT molecular complexity index is 1420. The van der Waals surface area contributed by atoms with Crippen molar-refractivity contribution in [3.63, 3.8) is 0 Å². The highest BCUT2D eigenvalue weighted by atomic mass is 32.1. The number of carbonyl (C=O) groups excluding carboxylic acids is 1. The van der Waals surface area contributed by atoms with Crippen molar-refractivity contribution in [2.24, 2.45) is 0 Å². The van der Waals surface area contributed by atoms with Crippen molar-refractivity contribution in [2.75, 3.05) is 6.79 Å². The zero-order valence-corrected chi connectivity index (χ0v) is 18.4. The Kier molecular flexibility index (Phi) is 5.35. The van der Waals surface area contributed by atoms with Gasteiger partial charge in [-0.2, -0.15) is 8.75 Å². The molecule has 4 aromatic rings. The van der Waals surface area contributed by atoms with Crippen LogP contribution in [0, 0.1) is 6.92 Å². The van der Waals surface area contributed by atoms with Crippen molar-refractivity contribution in [2.45, 2.75) is 13.3 Å². The van der Waals surface area contributed by atoms with Crippen LogP contribution in [0.3, 0.4) is 0 Å². The van der Waals surface area contributed by atoms with E-state index in [1.54, 1.807) is 36.4 Å². The number of hydrogen-bond donors (Lipinski definition) is 1. The molecule has 0 fully saturated rings. The van der Waals surface area contributed by atoms with Crippen molar-refractivity contribution in [1.29, 1.82) is 0 Å². The van der Waals surface area contributed by atoms with E-state index in [4.69, 9.17) is 9.47 Å². The first kappa shape index (κ1) is 20.8. The lowest BCUT2D eigenvalue weighted by Gasteiger charge is -2.14. The minimum Gasteiger partial charge on any atom is -0.478 e. The van der Waals surface area contributed by atoms with Crippen LogP contribution < -0.4 is 9.47 Å². The van der Waals surface area contributed by atoms with Crippen molar-refractivity contribution in [3.8, 4) is 11.5 Å². The minimum absolute atomic E-state index is 0.0619.